The Morgan fingerprint density at radius 3 is 2.42 bits per heavy atom. The van der Waals surface area contributed by atoms with Crippen molar-refractivity contribution in [3.05, 3.63) is 24.0 Å². The Hall–Kier alpha value is -1.49. The van der Waals surface area contributed by atoms with Gasteiger partial charge in [-0.05, 0) is 80.1 Å². The van der Waals surface area contributed by atoms with Crippen molar-refractivity contribution >= 4 is 39.4 Å². The summed E-state index contributed by atoms with van der Waals surface area (Å²) in [4.78, 5) is 16.9. The number of carbonyl (C=O) groups excluding carboxylic acids is 1. The van der Waals surface area contributed by atoms with Crippen molar-refractivity contribution < 1.29 is 14.0 Å². The maximum Gasteiger partial charge on any atom is 0.192 e. The number of hydrogen-bond acceptors (Lipinski definition) is 5. The van der Waals surface area contributed by atoms with E-state index >= 15 is 0 Å². The summed E-state index contributed by atoms with van der Waals surface area (Å²) >= 11 is 0. The number of nitrogens with zero attached hydrogens (tertiary/aromatic N) is 2. The van der Waals surface area contributed by atoms with Crippen LogP contribution in [0.4, 0.5) is 5.69 Å². The van der Waals surface area contributed by atoms with E-state index in [1.54, 1.807) is 6.20 Å². The minimum Gasteiger partial charge on any atom is -0.409 e. The van der Waals surface area contributed by atoms with Gasteiger partial charge in [0.15, 0.2) is 14.6 Å². The normalized spacial score (nSPS) is 29.3. The molecule has 2 aromatic heterocycles. The molecule has 4 aliphatic carbocycles. The minimum atomic E-state index is -1.99. The summed E-state index contributed by atoms with van der Waals surface area (Å²) < 4.78 is 15.5. The number of rotatable bonds is 10. The van der Waals surface area contributed by atoms with Crippen LogP contribution in [0.15, 0.2) is 18.5 Å². The van der Waals surface area contributed by atoms with Crippen molar-refractivity contribution in [1.82, 2.24) is 9.55 Å². The molecule has 4 bridgehead atoms. The molecule has 2 heterocycles. The second-order valence-corrected chi connectivity index (χ2v) is 25.6. The van der Waals surface area contributed by atoms with Gasteiger partial charge < -0.3 is 19.0 Å². The summed E-state index contributed by atoms with van der Waals surface area (Å²) in [6, 6.07) is 3.45. The first-order valence-corrected chi connectivity index (χ1v) is 21.3. The molecule has 0 amide bonds. The molecule has 4 aliphatic rings. The first-order chi connectivity index (χ1) is 17.7. The van der Waals surface area contributed by atoms with Crippen LogP contribution in [-0.2, 0) is 15.9 Å². The molecule has 4 saturated carbocycles. The van der Waals surface area contributed by atoms with Crippen LogP contribution in [0, 0.1) is 17.8 Å². The quantitative estimate of drug-likeness (QED) is 0.186. The van der Waals surface area contributed by atoms with Crippen LogP contribution >= 0.6 is 0 Å². The first kappa shape index (κ1) is 28.1. The summed E-state index contributed by atoms with van der Waals surface area (Å²) in [6.07, 6.45) is 10.9. The first-order valence-electron chi connectivity index (χ1n) is 14.7. The lowest BCUT2D eigenvalue weighted by Gasteiger charge is -2.63. The van der Waals surface area contributed by atoms with Gasteiger partial charge >= 0.3 is 0 Å². The van der Waals surface area contributed by atoms with E-state index in [-0.39, 0.29) is 16.7 Å². The number of hydrogen-bond donors (Lipinski definition) is 1. The van der Waals surface area contributed by atoms with Crippen LogP contribution in [0.1, 0.15) is 63.2 Å². The molecule has 0 saturated heterocycles. The fraction of sp³-hybridized carbons (Fsp3) is 0.733. The van der Waals surface area contributed by atoms with Crippen LogP contribution in [-0.4, -0.2) is 50.5 Å². The predicted octanol–water partition coefficient (Wildman–Crippen LogP) is 7.54. The van der Waals surface area contributed by atoms with E-state index in [1.165, 1.54) is 19.3 Å². The number of aromatic nitrogens is 2. The highest BCUT2D eigenvalue weighted by atomic mass is 28.4. The molecule has 5 atom stereocenters. The highest BCUT2D eigenvalue weighted by molar-refractivity contribution is 6.76. The van der Waals surface area contributed by atoms with Gasteiger partial charge in [0, 0.05) is 32.5 Å². The average Bonchev–Trinajstić information content (AvgIpc) is 3.20. The second kappa shape index (κ2) is 9.86. The summed E-state index contributed by atoms with van der Waals surface area (Å²) in [5, 5.41) is 5.14. The summed E-state index contributed by atoms with van der Waals surface area (Å²) in [5.74, 6) is 2.13. The van der Waals surface area contributed by atoms with E-state index in [1.807, 2.05) is 6.20 Å². The zero-order valence-corrected chi connectivity index (χ0v) is 26.9. The Labute approximate surface area is 231 Å². The zero-order valence-electron chi connectivity index (χ0n) is 24.9. The van der Waals surface area contributed by atoms with Crippen molar-refractivity contribution in [2.75, 3.05) is 11.9 Å². The van der Waals surface area contributed by atoms with Gasteiger partial charge in [-0.3, -0.25) is 4.79 Å². The molecule has 0 aromatic carbocycles. The number of ether oxygens (including phenoxy) is 1. The molecule has 0 radical (unpaired) electrons. The monoisotopic (exact) mass is 555 g/mol. The number of anilines is 1. The van der Waals surface area contributed by atoms with Gasteiger partial charge in [-0.25, -0.2) is 4.98 Å². The second-order valence-electron chi connectivity index (χ2n) is 15.2. The Bertz CT molecular complexity index is 1170. The number of aldehydes is 1. The third-order valence-electron chi connectivity index (χ3n) is 9.98. The van der Waals surface area contributed by atoms with Crippen LogP contribution < -0.4 is 5.32 Å². The van der Waals surface area contributed by atoms with Crippen molar-refractivity contribution in [2.45, 2.75) is 115 Å². The number of fused-ring (bicyclic) bond motifs is 1. The van der Waals surface area contributed by atoms with Crippen molar-refractivity contribution in [3.63, 3.8) is 0 Å². The summed E-state index contributed by atoms with van der Waals surface area (Å²) in [7, 11) is -3.13. The third kappa shape index (κ3) is 5.30. The lowest BCUT2D eigenvalue weighted by Crippen LogP contribution is -2.67. The standard InChI is InChI=1S/C30H49N3O3Si2/c1-29(2,3)38(7,8)36-30-16-21-13-22(17-30)15-23(14-21)27(30)32-26-24(19-34)18-31-28-25(26)9-10-33(28)20-35-11-12-37(4,5)6/h9-10,18-19,21-23,27H,11-17,20H2,1-8H3,(H,31,32)/t21-,22?,23?,27+,30?/m0/s1. The van der Waals surface area contributed by atoms with Gasteiger partial charge in [0.2, 0.25) is 0 Å². The maximum absolute atomic E-state index is 12.2. The van der Waals surface area contributed by atoms with Gasteiger partial charge in [0.25, 0.3) is 0 Å². The Morgan fingerprint density at radius 1 is 1.13 bits per heavy atom. The maximum atomic E-state index is 12.2. The van der Waals surface area contributed by atoms with Crippen LogP contribution in [0.5, 0.6) is 0 Å². The molecule has 8 heteroatoms. The van der Waals surface area contributed by atoms with Gasteiger partial charge in [-0.1, -0.05) is 40.4 Å². The van der Waals surface area contributed by atoms with E-state index in [0.29, 0.717) is 18.2 Å². The van der Waals surface area contributed by atoms with E-state index in [9.17, 15) is 4.79 Å². The number of nitrogens with one attached hydrogen (secondary N) is 1. The Balaban J connectivity index is 1.46. The van der Waals surface area contributed by atoms with Crippen LogP contribution in [0.3, 0.4) is 0 Å². The van der Waals surface area contributed by atoms with Gasteiger partial charge in [0.1, 0.15) is 12.4 Å². The average molecular weight is 556 g/mol. The van der Waals surface area contributed by atoms with Gasteiger partial charge in [0.05, 0.1) is 22.9 Å². The highest BCUT2D eigenvalue weighted by Gasteiger charge is 2.60. The molecule has 4 fully saturated rings. The molecule has 0 aliphatic heterocycles. The molecule has 1 N–H and O–H groups in total. The van der Waals surface area contributed by atoms with E-state index < -0.39 is 16.4 Å². The predicted molar refractivity (Wildman–Crippen MR) is 161 cm³/mol. The van der Waals surface area contributed by atoms with Crippen molar-refractivity contribution in [1.29, 1.82) is 0 Å². The van der Waals surface area contributed by atoms with E-state index in [4.69, 9.17) is 9.16 Å². The summed E-state index contributed by atoms with van der Waals surface area (Å²) in [5.41, 5.74) is 2.26. The van der Waals surface area contributed by atoms with Crippen LogP contribution in [0.25, 0.3) is 11.0 Å². The van der Waals surface area contributed by atoms with Crippen molar-refractivity contribution in [2.24, 2.45) is 17.8 Å². The molecule has 6 rings (SSSR count). The van der Waals surface area contributed by atoms with Crippen molar-refractivity contribution in [3.8, 4) is 0 Å². The highest BCUT2D eigenvalue weighted by Crippen LogP contribution is 2.59. The van der Waals surface area contributed by atoms with E-state index in [0.717, 1.165) is 60.3 Å². The molecule has 38 heavy (non-hydrogen) atoms. The SMILES string of the molecule is CC(C)(C)[Si](C)(C)OC12CC3CC(C[C@H](C3)C1)[C@H]2Nc1c(C=O)cnc2c1ccn2COCC[Si](C)(C)C. The third-order valence-corrected chi connectivity index (χ3v) is 16.2. The topological polar surface area (TPSA) is 65.4 Å². The van der Waals surface area contributed by atoms with Gasteiger partial charge in [-0.15, -0.1) is 0 Å². The lowest BCUT2D eigenvalue weighted by atomic mass is 9.52. The van der Waals surface area contributed by atoms with Gasteiger partial charge in [-0.2, -0.15) is 0 Å². The lowest BCUT2D eigenvalue weighted by molar-refractivity contribution is -0.124. The molecule has 3 unspecified atom stereocenters. The molecular formula is C30H49N3O3Si2. The molecule has 2 aromatic rings. The fourth-order valence-corrected chi connectivity index (χ4v) is 9.60. The molecule has 0 spiro atoms. The largest absolute Gasteiger partial charge is 0.409 e. The molecular weight excluding hydrogens is 507 g/mol. The Kier molecular flexibility index (Phi) is 7.28. The smallest absolute Gasteiger partial charge is 0.192 e. The molecule has 6 nitrogen and oxygen atoms in total. The number of pyridine rings is 1. The van der Waals surface area contributed by atoms with E-state index in [2.05, 4.69) is 74.4 Å². The minimum absolute atomic E-state index is 0.157. The van der Waals surface area contributed by atoms with Crippen LogP contribution in [0.2, 0.25) is 43.8 Å². The zero-order chi connectivity index (χ0) is 27.5. The fourth-order valence-electron chi connectivity index (χ4n) is 7.23. The number of carbonyl (C=O) groups is 1. The Morgan fingerprint density at radius 2 is 1.82 bits per heavy atom. The summed E-state index contributed by atoms with van der Waals surface area (Å²) in [6.45, 7) is 20.2. The molecule has 210 valence electrons.